The second kappa shape index (κ2) is 6.97. The first-order chi connectivity index (χ1) is 12.3. The Hall–Kier alpha value is -2.58. The summed E-state index contributed by atoms with van der Waals surface area (Å²) in [5.74, 6) is 0.640. The van der Waals surface area contributed by atoms with Gasteiger partial charge in [0.2, 0.25) is 0 Å². The van der Waals surface area contributed by atoms with Crippen molar-refractivity contribution in [2.24, 2.45) is 0 Å². The van der Waals surface area contributed by atoms with Crippen molar-refractivity contribution >= 4 is 56.5 Å². The Kier molecular flexibility index (Phi) is 4.88. The molecule has 0 fully saturated rings. The van der Waals surface area contributed by atoms with Gasteiger partial charge in [-0.1, -0.05) is 27.5 Å². The molecular weight excluding hydrogens is 428 g/mol. The van der Waals surface area contributed by atoms with Gasteiger partial charge in [0, 0.05) is 21.7 Å². The summed E-state index contributed by atoms with van der Waals surface area (Å²) in [7, 11) is 3.03. The number of nitro benzene ring substituents is 1. The molecule has 0 spiro atoms. The van der Waals surface area contributed by atoms with Crippen LogP contribution < -0.4 is 14.8 Å². The van der Waals surface area contributed by atoms with Crippen LogP contribution in [0, 0.1) is 10.1 Å². The quantitative estimate of drug-likeness (QED) is 0.430. The summed E-state index contributed by atoms with van der Waals surface area (Å²) in [6.07, 6.45) is 1.62. The number of nitro groups is 1. The molecular formula is C17H12BrClN2O5. The lowest BCUT2D eigenvalue weighted by Crippen LogP contribution is -2.03. The molecule has 0 aliphatic carbocycles. The van der Waals surface area contributed by atoms with Gasteiger partial charge in [-0.25, -0.2) is 0 Å². The van der Waals surface area contributed by atoms with Crippen molar-refractivity contribution in [1.29, 1.82) is 0 Å². The van der Waals surface area contributed by atoms with Gasteiger partial charge in [-0.3, -0.25) is 14.9 Å². The van der Waals surface area contributed by atoms with E-state index in [9.17, 15) is 14.9 Å². The molecule has 0 unspecified atom stereocenters. The minimum absolute atomic E-state index is 0.0393. The highest BCUT2D eigenvalue weighted by Gasteiger charge is 2.29. The lowest BCUT2D eigenvalue weighted by molar-refractivity contribution is -0.384. The van der Waals surface area contributed by atoms with E-state index >= 15 is 0 Å². The van der Waals surface area contributed by atoms with Crippen LogP contribution in [0.5, 0.6) is 11.5 Å². The summed E-state index contributed by atoms with van der Waals surface area (Å²) in [5, 5.41) is 13.8. The third-order valence-corrected chi connectivity index (χ3v) is 4.86. The van der Waals surface area contributed by atoms with Crippen molar-refractivity contribution in [3.8, 4) is 11.5 Å². The maximum Gasteiger partial charge on any atom is 0.288 e. The number of nitrogens with zero attached hydrogens (tertiary/aromatic N) is 1. The topological polar surface area (TPSA) is 90.7 Å². The van der Waals surface area contributed by atoms with Crippen LogP contribution in [-0.2, 0) is 4.79 Å². The van der Waals surface area contributed by atoms with Crippen molar-refractivity contribution in [2.45, 2.75) is 0 Å². The number of benzene rings is 2. The van der Waals surface area contributed by atoms with Crippen LogP contribution >= 0.6 is 27.5 Å². The molecule has 9 heteroatoms. The molecule has 2 aromatic rings. The van der Waals surface area contributed by atoms with Crippen molar-refractivity contribution in [3.05, 3.63) is 55.0 Å². The number of methoxy groups -OCH3 is 2. The summed E-state index contributed by atoms with van der Waals surface area (Å²) in [5.41, 5.74) is 1.51. The average Bonchev–Trinajstić information content (AvgIpc) is 2.89. The Balaban J connectivity index is 2.16. The smallest absolute Gasteiger partial charge is 0.288 e. The van der Waals surface area contributed by atoms with E-state index < -0.39 is 4.92 Å². The predicted molar refractivity (Wildman–Crippen MR) is 102 cm³/mol. The number of hydrogen-bond acceptors (Lipinski definition) is 5. The minimum Gasteiger partial charge on any atom is -0.493 e. The Labute approximate surface area is 161 Å². The Morgan fingerprint density at radius 1 is 1.19 bits per heavy atom. The van der Waals surface area contributed by atoms with E-state index in [-0.39, 0.29) is 22.2 Å². The number of rotatable bonds is 4. The number of amides is 1. The normalized spacial score (nSPS) is 14.2. The first kappa shape index (κ1) is 18.2. The lowest BCUT2D eigenvalue weighted by Gasteiger charge is -2.10. The first-order valence-electron chi connectivity index (χ1n) is 7.28. The fraction of sp³-hybridized carbons (Fsp3) is 0.118. The molecule has 0 saturated heterocycles. The lowest BCUT2D eigenvalue weighted by atomic mass is 10.0. The summed E-state index contributed by atoms with van der Waals surface area (Å²) in [6, 6.07) is 6.07. The van der Waals surface area contributed by atoms with Gasteiger partial charge < -0.3 is 14.8 Å². The molecule has 0 aromatic heterocycles. The minimum atomic E-state index is -0.588. The summed E-state index contributed by atoms with van der Waals surface area (Å²) in [4.78, 5) is 22.9. The van der Waals surface area contributed by atoms with Crippen molar-refractivity contribution < 1.29 is 19.2 Å². The zero-order valence-corrected chi connectivity index (χ0v) is 16.0. The fourth-order valence-electron chi connectivity index (χ4n) is 2.62. The number of carbonyl (C=O) groups excluding carboxylic acids is 1. The Morgan fingerprint density at radius 3 is 2.46 bits per heavy atom. The molecule has 1 N–H and O–H groups in total. The number of hydrogen-bond donors (Lipinski definition) is 1. The van der Waals surface area contributed by atoms with E-state index in [1.807, 2.05) is 0 Å². The molecule has 3 rings (SSSR count). The molecule has 0 atom stereocenters. The summed E-state index contributed by atoms with van der Waals surface area (Å²) in [6.45, 7) is 0. The fourth-order valence-corrected chi connectivity index (χ4v) is 3.29. The number of halogens is 2. The van der Waals surface area contributed by atoms with Gasteiger partial charge in [0.05, 0.1) is 24.8 Å². The average molecular weight is 440 g/mol. The van der Waals surface area contributed by atoms with E-state index in [1.165, 1.54) is 26.4 Å². The largest absolute Gasteiger partial charge is 0.493 e. The van der Waals surface area contributed by atoms with Gasteiger partial charge in [0.15, 0.2) is 11.5 Å². The van der Waals surface area contributed by atoms with Crippen LogP contribution in [0.15, 0.2) is 28.7 Å². The maximum absolute atomic E-state index is 12.4. The standard InChI is InChI=1S/C17H12BrClN2O5/c1-25-15-4-8(11(18)6-16(15)26-2)3-10-9-5-14(21(23)24)12(19)7-13(9)20-17(10)22/h3-7H,1-2H3,(H,20,22). The van der Waals surface area contributed by atoms with Crippen LogP contribution in [0.3, 0.4) is 0 Å². The van der Waals surface area contributed by atoms with Crippen molar-refractivity contribution in [1.82, 2.24) is 0 Å². The van der Waals surface area contributed by atoms with Crippen molar-refractivity contribution in [3.63, 3.8) is 0 Å². The zero-order chi connectivity index (χ0) is 19.0. The van der Waals surface area contributed by atoms with Crippen LogP contribution in [-0.4, -0.2) is 25.1 Å². The highest BCUT2D eigenvalue weighted by atomic mass is 79.9. The Morgan fingerprint density at radius 2 is 1.85 bits per heavy atom. The highest BCUT2D eigenvalue weighted by molar-refractivity contribution is 9.10. The number of fused-ring (bicyclic) bond motifs is 1. The molecule has 1 heterocycles. The van der Waals surface area contributed by atoms with Gasteiger partial charge >= 0.3 is 0 Å². The highest BCUT2D eigenvalue weighted by Crippen LogP contribution is 2.41. The van der Waals surface area contributed by atoms with Gasteiger partial charge in [0.25, 0.3) is 11.6 Å². The monoisotopic (exact) mass is 438 g/mol. The molecule has 0 saturated carbocycles. The molecule has 1 aliphatic rings. The van der Waals surface area contributed by atoms with Crippen LogP contribution in [0.1, 0.15) is 11.1 Å². The van der Waals surface area contributed by atoms with Crippen LogP contribution in [0.25, 0.3) is 11.6 Å². The van der Waals surface area contributed by atoms with Crippen LogP contribution in [0.4, 0.5) is 11.4 Å². The number of carbonyl (C=O) groups is 1. The maximum atomic E-state index is 12.4. The van der Waals surface area contributed by atoms with Crippen molar-refractivity contribution in [2.75, 3.05) is 19.5 Å². The predicted octanol–water partition coefficient (Wildman–Crippen LogP) is 4.52. The number of anilines is 1. The first-order valence-corrected chi connectivity index (χ1v) is 8.45. The Bertz CT molecular complexity index is 974. The third kappa shape index (κ3) is 3.13. The van der Waals surface area contributed by atoms with E-state index in [0.29, 0.717) is 32.8 Å². The number of nitrogens with one attached hydrogen (secondary N) is 1. The summed E-state index contributed by atoms with van der Waals surface area (Å²) >= 11 is 9.33. The van der Waals surface area contributed by atoms with Crippen LogP contribution in [0.2, 0.25) is 5.02 Å². The molecule has 0 bridgehead atoms. The van der Waals surface area contributed by atoms with Gasteiger partial charge in [-0.2, -0.15) is 0 Å². The van der Waals surface area contributed by atoms with Gasteiger partial charge in [-0.15, -0.1) is 0 Å². The van der Waals surface area contributed by atoms with Gasteiger partial charge in [-0.05, 0) is 29.8 Å². The second-order valence-electron chi connectivity index (χ2n) is 5.35. The van der Waals surface area contributed by atoms with E-state index in [1.54, 1.807) is 18.2 Å². The van der Waals surface area contributed by atoms with E-state index in [4.69, 9.17) is 21.1 Å². The summed E-state index contributed by atoms with van der Waals surface area (Å²) < 4.78 is 11.2. The molecule has 26 heavy (non-hydrogen) atoms. The molecule has 134 valence electrons. The molecule has 1 aliphatic heterocycles. The SMILES string of the molecule is COc1cc(Br)c(C=C2C(=O)Nc3cc(Cl)c([N+](=O)[O-])cc32)cc1OC. The zero-order valence-electron chi connectivity index (χ0n) is 13.6. The molecule has 0 radical (unpaired) electrons. The third-order valence-electron chi connectivity index (χ3n) is 3.87. The molecule has 1 amide bonds. The van der Waals surface area contributed by atoms with E-state index in [0.717, 1.165) is 0 Å². The van der Waals surface area contributed by atoms with Gasteiger partial charge in [0.1, 0.15) is 5.02 Å². The second-order valence-corrected chi connectivity index (χ2v) is 6.61. The molecule has 2 aromatic carbocycles. The number of ether oxygens (including phenoxy) is 2. The molecule has 7 nitrogen and oxygen atoms in total. The van der Waals surface area contributed by atoms with E-state index in [2.05, 4.69) is 21.2 Å².